The van der Waals surface area contributed by atoms with E-state index in [1.807, 2.05) is 59.7 Å². The normalized spacial score (nSPS) is 10.8. The first kappa shape index (κ1) is 14.3. The van der Waals surface area contributed by atoms with E-state index in [2.05, 4.69) is 20.3 Å². The number of hydrogen-bond acceptors (Lipinski definition) is 5. The van der Waals surface area contributed by atoms with E-state index in [9.17, 15) is 0 Å². The predicted molar refractivity (Wildman–Crippen MR) is 92.6 cm³/mol. The minimum absolute atomic E-state index is 0.774. The molecular weight excluding hydrogens is 300 g/mol. The fourth-order valence-corrected chi connectivity index (χ4v) is 2.58. The average molecular weight is 316 g/mol. The lowest BCUT2D eigenvalue weighted by Gasteiger charge is -2.10. The van der Waals surface area contributed by atoms with Crippen molar-refractivity contribution in [2.24, 2.45) is 0 Å². The summed E-state index contributed by atoms with van der Waals surface area (Å²) in [5, 5.41) is 3.40. The maximum absolute atomic E-state index is 4.73. The first-order chi connectivity index (χ1) is 11.9. The van der Waals surface area contributed by atoms with Gasteiger partial charge in [-0.2, -0.15) is 0 Å². The monoisotopic (exact) mass is 316 g/mol. The molecule has 0 aromatic carbocycles. The van der Waals surface area contributed by atoms with Gasteiger partial charge in [-0.15, -0.1) is 0 Å². The summed E-state index contributed by atoms with van der Waals surface area (Å²) in [5.74, 6) is 0.774. The van der Waals surface area contributed by atoms with Crippen molar-refractivity contribution >= 4 is 11.5 Å². The molecule has 0 amide bonds. The number of pyridine rings is 2. The quantitative estimate of drug-likeness (QED) is 0.613. The Kier molecular flexibility index (Phi) is 3.85. The number of hydrogen-bond donors (Lipinski definition) is 1. The molecule has 0 aliphatic heterocycles. The van der Waals surface area contributed by atoms with Gasteiger partial charge < -0.3 is 9.72 Å². The Hall–Kier alpha value is -3.28. The van der Waals surface area contributed by atoms with Crippen LogP contribution in [-0.2, 0) is 6.42 Å². The van der Waals surface area contributed by atoms with Gasteiger partial charge in [0.2, 0.25) is 0 Å². The second kappa shape index (κ2) is 6.45. The van der Waals surface area contributed by atoms with Crippen molar-refractivity contribution in [3.63, 3.8) is 0 Å². The number of aromatic nitrogens is 5. The van der Waals surface area contributed by atoms with Crippen LogP contribution in [0.5, 0.6) is 0 Å². The number of fused-ring (bicyclic) bond motifs is 1. The molecule has 0 saturated heterocycles. The third-order valence-electron chi connectivity index (χ3n) is 3.79. The lowest BCUT2D eigenvalue weighted by atomic mass is 10.2. The second-order valence-corrected chi connectivity index (χ2v) is 5.41. The van der Waals surface area contributed by atoms with Crippen molar-refractivity contribution in [3.05, 3.63) is 73.2 Å². The van der Waals surface area contributed by atoms with E-state index in [0.717, 1.165) is 35.7 Å². The number of nitrogens with one attached hydrogen (secondary N) is 1. The van der Waals surface area contributed by atoms with Gasteiger partial charge in [-0.25, -0.2) is 9.97 Å². The van der Waals surface area contributed by atoms with Crippen molar-refractivity contribution < 1.29 is 0 Å². The molecule has 0 radical (unpaired) electrons. The van der Waals surface area contributed by atoms with Gasteiger partial charge in [-0.05, 0) is 36.2 Å². The SMILES string of the molecule is c1cncc(-c2cn3ccnc3c(NCCc3ccncc3)n2)c1. The van der Waals surface area contributed by atoms with Crippen LogP contribution in [0.15, 0.2) is 67.6 Å². The Labute approximate surface area is 139 Å². The summed E-state index contributed by atoms with van der Waals surface area (Å²) in [4.78, 5) is 17.3. The predicted octanol–water partition coefficient (Wildman–Crippen LogP) is 2.84. The number of imidazole rings is 1. The third kappa shape index (κ3) is 2.94. The van der Waals surface area contributed by atoms with Crippen LogP contribution < -0.4 is 5.32 Å². The molecule has 24 heavy (non-hydrogen) atoms. The highest BCUT2D eigenvalue weighted by molar-refractivity contribution is 5.68. The van der Waals surface area contributed by atoms with E-state index in [0.29, 0.717) is 0 Å². The number of rotatable bonds is 5. The van der Waals surface area contributed by atoms with Gasteiger partial charge in [0, 0.05) is 55.5 Å². The molecule has 1 N–H and O–H groups in total. The van der Waals surface area contributed by atoms with Crippen molar-refractivity contribution in [1.29, 1.82) is 0 Å². The van der Waals surface area contributed by atoms with Crippen LogP contribution in [0.4, 0.5) is 5.82 Å². The summed E-state index contributed by atoms with van der Waals surface area (Å²) < 4.78 is 1.98. The van der Waals surface area contributed by atoms with E-state index in [1.54, 1.807) is 12.4 Å². The summed E-state index contributed by atoms with van der Waals surface area (Å²) >= 11 is 0. The highest BCUT2D eigenvalue weighted by atomic mass is 15.1. The van der Waals surface area contributed by atoms with Crippen molar-refractivity contribution in [2.45, 2.75) is 6.42 Å². The molecule has 6 nitrogen and oxygen atoms in total. The smallest absolute Gasteiger partial charge is 0.180 e. The average Bonchev–Trinajstić information content (AvgIpc) is 3.12. The van der Waals surface area contributed by atoms with E-state index >= 15 is 0 Å². The molecule has 118 valence electrons. The molecule has 4 aromatic rings. The lowest BCUT2D eigenvalue weighted by molar-refractivity contribution is 0.994. The van der Waals surface area contributed by atoms with Crippen LogP contribution in [0.2, 0.25) is 0 Å². The van der Waals surface area contributed by atoms with Crippen LogP contribution in [-0.4, -0.2) is 30.9 Å². The molecule has 6 heteroatoms. The minimum atomic E-state index is 0.774. The fraction of sp³-hybridized carbons (Fsp3) is 0.111. The van der Waals surface area contributed by atoms with Gasteiger partial charge in [-0.3, -0.25) is 9.97 Å². The van der Waals surface area contributed by atoms with Gasteiger partial charge in [0.25, 0.3) is 0 Å². The summed E-state index contributed by atoms with van der Waals surface area (Å²) in [6.07, 6.45) is 13.7. The Morgan fingerprint density at radius 1 is 1.00 bits per heavy atom. The van der Waals surface area contributed by atoms with Crippen LogP contribution in [0, 0.1) is 0 Å². The Morgan fingerprint density at radius 2 is 1.92 bits per heavy atom. The topological polar surface area (TPSA) is 68.0 Å². The maximum atomic E-state index is 4.73. The molecular formula is C18H16N6. The molecule has 0 bridgehead atoms. The molecule has 0 saturated carbocycles. The highest BCUT2D eigenvalue weighted by Crippen LogP contribution is 2.21. The van der Waals surface area contributed by atoms with E-state index in [4.69, 9.17) is 4.98 Å². The Morgan fingerprint density at radius 3 is 2.75 bits per heavy atom. The number of nitrogens with zero attached hydrogens (tertiary/aromatic N) is 5. The summed E-state index contributed by atoms with van der Waals surface area (Å²) in [6, 6.07) is 7.95. The van der Waals surface area contributed by atoms with Crippen LogP contribution in [0.3, 0.4) is 0 Å². The summed E-state index contributed by atoms with van der Waals surface area (Å²) in [7, 11) is 0. The van der Waals surface area contributed by atoms with E-state index in [-0.39, 0.29) is 0 Å². The molecule has 0 spiro atoms. The lowest BCUT2D eigenvalue weighted by Crippen LogP contribution is -2.08. The zero-order valence-corrected chi connectivity index (χ0v) is 13.0. The summed E-state index contributed by atoms with van der Waals surface area (Å²) in [6.45, 7) is 0.774. The molecule has 4 rings (SSSR count). The molecule has 0 atom stereocenters. The maximum Gasteiger partial charge on any atom is 0.180 e. The van der Waals surface area contributed by atoms with Crippen molar-refractivity contribution in [1.82, 2.24) is 24.3 Å². The zero-order valence-electron chi connectivity index (χ0n) is 13.0. The van der Waals surface area contributed by atoms with Crippen LogP contribution in [0.25, 0.3) is 16.9 Å². The zero-order chi connectivity index (χ0) is 16.2. The van der Waals surface area contributed by atoms with Gasteiger partial charge in [0.05, 0.1) is 5.69 Å². The minimum Gasteiger partial charge on any atom is -0.367 e. The molecule has 0 unspecified atom stereocenters. The van der Waals surface area contributed by atoms with Crippen molar-refractivity contribution in [2.75, 3.05) is 11.9 Å². The number of anilines is 1. The third-order valence-corrected chi connectivity index (χ3v) is 3.79. The molecule has 0 aliphatic carbocycles. The van der Waals surface area contributed by atoms with E-state index < -0.39 is 0 Å². The van der Waals surface area contributed by atoms with Gasteiger partial charge in [-0.1, -0.05) is 0 Å². The van der Waals surface area contributed by atoms with Crippen LogP contribution >= 0.6 is 0 Å². The molecule has 0 aliphatic rings. The largest absolute Gasteiger partial charge is 0.367 e. The second-order valence-electron chi connectivity index (χ2n) is 5.41. The molecule has 0 fully saturated rings. The van der Waals surface area contributed by atoms with Crippen molar-refractivity contribution in [3.8, 4) is 11.3 Å². The highest BCUT2D eigenvalue weighted by Gasteiger charge is 2.09. The fourth-order valence-electron chi connectivity index (χ4n) is 2.58. The first-order valence-electron chi connectivity index (χ1n) is 7.77. The Bertz CT molecular complexity index is 934. The Balaban J connectivity index is 1.60. The standard InChI is InChI=1S/C18H16N6/c1-2-15(12-20-6-1)16-13-24-11-10-22-18(24)17(23-16)21-9-5-14-3-7-19-8-4-14/h1-4,6-8,10-13H,5,9H2,(H,21,23). The van der Waals surface area contributed by atoms with Crippen LogP contribution in [0.1, 0.15) is 5.56 Å². The van der Waals surface area contributed by atoms with Gasteiger partial charge in [0.15, 0.2) is 11.5 Å². The first-order valence-corrected chi connectivity index (χ1v) is 7.77. The van der Waals surface area contributed by atoms with Gasteiger partial charge >= 0.3 is 0 Å². The van der Waals surface area contributed by atoms with E-state index in [1.165, 1.54) is 5.56 Å². The van der Waals surface area contributed by atoms with Gasteiger partial charge in [0.1, 0.15) is 0 Å². The molecule has 4 heterocycles. The molecule has 4 aromatic heterocycles. The summed E-state index contributed by atoms with van der Waals surface area (Å²) in [5.41, 5.74) is 3.89.